The highest BCUT2D eigenvalue weighted by atomic mass is 35.5. The molecule has 0 saturated heterocycles. The lowest BCUT2D eigenvalue weighted by molar-refractivity contribution is -0.0498. The average Bonchev–Trinajstić information content (AvgIpc) is 3.03. The van der Waals surface area contributed by atoms with Crippen molar-refractivity contribution >= 4 is 49.7 Å². The Balaban J connectivity index is 1.72. The van der Waals surface area contributed by atoms with Crippen LogP contribution in [0.4, 0.5) is 13.9 Å². The second kappa shape index (κ2) is 8.56. The van der Waals surface area contributed by atoms with Gasteiger partial charge in [0.05, 0.1) is 14.9 Å². The Hall–Kier alpha value is -2.01. The number of ether oxygens (including phenoxy) is 1. The number of benzene rings is 2. The fourth-order valence-electron chi connectivity index (χ4n) is 2.19. The van der Waals surface area contributed by atoms with E-state index in [1.54, 1.807) is 12.1 Å². The molecule has 1 N–H and O–H groups in total. The number of aromatic nitrogens is 2. The van der Waals surface area contributed by atoms with Gasteiger partial charge in [-0.15, -0.1) is 10.2 Å². The Labute approximate surface area is 173 Å². The lowest BCUT2D eigenvalue weighted by atomic mass is 10.1. The van der Waals surface area contributed by atoms with Crippen molar-refractivity contribution in [1.29, 1.82) is 0 Å². The van der Waals surface area contributed by atoms with Gasteiger partial charge < -0.3 is 4.74 Å². The van der Waals surface area contributed by atoms with Gasteiger partial charge in [0, 0.05) is 6.42 Å². The topological polar surface area (TPSA) is 81.2 Å². The molecule has 0 unspecified atom stereocenters. The maximum atomic E-state index is 12.4. The van der Waals surface area contributed by atoms with Gasteiger partial charge in [-0.1, -0.05) is 46.7 Å². The fraction of sp³-hybridized carbons (Fsp3) is 0.125. The van der Waals surface area contributed by atoms with Crippen molar-refractivity contribution < 1.29 is 21.9 Å². The van der Waals surface area contributed by atoms with Gasteiger partial charge in [0.25, 0.3) is 10.0 Å². The summed E-state index contributed by atoms with van der Waals surface area (Å²) in [5.74, 6) is 0.0255. The first-order chi connectivity index (χ1) is 13.2. The first-order valence-electron chi connectivity index (χ1n) is 7.57. The molecule has 0 aliphatic heterocycles. The maximum Gasteiger partial charge on any atom is 0.387 e. The molecule has 6 nitrogen and oxygen atoms in total. The molecule has 28 heavy (non-hydrogen) atoms. The summed E-state index contributed by atoms with van der Waals surface area (Å²) in [6.07, 6.45) is 0.270. The van der Waals surface area contributed by atoms with Crippen LogP contribution < -0.4 is 9.46 Å². The monoisotopic (exact) mass is 465 g/mol. The van der Waals surface area contributed by atoms with E-state index in [2.05, 4.69) is 19.7 Å². The first kappa shape index (κ1) is 20.7. The van der Waals surface area contributed by atoms with E-state index in [4.69, 9.17) is 23.2 Å². The molecule has 0 aliphatic rings. The van der Waals surface area contributed by atoms with Gasteiger partial charge in [0.1, 0.15) is 10.8 Å². The molecular formula is C16H11Cl2F2N3O3S2. The molecule has 0 aliphatic carbocycles. The third-order valence-electron chi connectivity index (χ3n) is 3.37. The molecule has 3 aromatic rings. The number of anilines is 1. The minimum atomic E-state index is -3.92. The quantitative estimate of drug-likeness (QED) is 0.539. The van der Waals surface area contributed by atoms with Crippen molar-refractivity contribution in [1.82, 2.24) is 10.2 Å². The van der Waals surface area contributed by atoms with Crippen molar-refractivity contribution in [2.24, 2.45) is 0 Å². The van der Waals surface area contributed by atoms with Gasteiger partial charge >= 0.3 is 6.61 Å². The third kappa shape index (κ3) is 5.28. The Morgan fingerprint density at radius 2 is 1.89 bits per heavy atom. The predicted molar refractivity (Wildman–Crippen MR) is 103 cm³/mol. The highest BCUT2D eigenvalue weighted by Gasteiger charge is 2.18. The minimum absolute atomic E-state index is 0.0255. The van der Waals surface area contributed by atoms with Gasteiger partial charge in [0.15, 0.2) is 0 Å². The second-order valence-electron chi connectivity index (χ2n) is 5.39. The Morgan fingerprint density at radius 3 is 2.61 bits per heavy atom. The lowest BCUT2D eigenvalue weighted by Crippen LogP contribution is -2.12. The van der Waals surface area contributed by atoms with Crippen molar-refractivity contribution in [3.8, 4) is 5.75 Å². The standard InChI is InChI=1S/C16H11Cl2F2N3O3S2/c17-12-5-4-11(8-13(12)18)28(24,25)23-16-22-21-14(27-16)7-9-2-1-3-10(6-9)26-15(19)20/h1-6,8,15H,7H2,(H,22,23). The van der Waals surface area contributed by atoms with Gasteiger partial charge in [-0.2, -0.15) is 8.78 Å². The summed E-state index contributed by atoms with van der Waals surface area (Å²) in [4.78, 5) is -0.0736. The molecule has 1 aromatic heterocycles. The lowest BCUT2D eigenvalue weighted by Gasteiger charge is -2.06. The predicted octanol–water partition coefficient (Wildman–Crippen LogP) is 4.84. The van der Waals surface area contributed by atoms with Crippen molar-refractivity contribution in [3.05, 3.63) is 63.1 Å². The average molecular weight is 466 g/mol. The van der Waals surface area contributed by atoms with Gasteiger partial charge in [-0.25, -0.2) is 8.42 Å². The van der Waals surface area contributed by atoms with Crippen LogP contribution in [0.2, 0.25) is 10.0 Å². The van der Waals surface area contributed by atoms with Crippen LogP contribution in [0.1, 0.15) is 10.6 Å². The van der Waals surface area contributed by atoms with E-state index in [0.29, 0.717) is 10.6 Å². The van der Waals surface area contributed by atoms with Gasteiger partial charge in [0.2, 0.25) is 5.13 Å². The van der Waals surface area contributed by atoms with Gasteiger partial charge in [-0.3, -0.25) is 4.72 Å². The van der Waals surface area contributed by atoms with Crippen LogP contribution in [0.15, 0.2) is 47.4 Å². The third-order valence-corrected chi connectivity index (χ3v) is 6.41. The summed E-state index contributed by atoms with van der Waals surface area (Å²) < 4.78 is 56.1. The molecule has 0 spiro atoms. The molecule has 0 saturated carbocycles. The largest absolute Gasteiger partial charge is 0.435 e. The number of hydrogen-bond acceptors (Lipinski definition) is 6. The Morgan fingerprint density at radius 1 is 1.11 bits per heavy atom. The van der Waals surface area contributed by atoms with E-state index in [-0.39, 0.29) is 32.2 Å². The molecule has 3 rings (SSSR count). The van der Waals surface area contributed by atoms with Crippen LogP contribution in [-0.4, -0.2) is 25.2 Å². The Kier molecular flexibility index (Phi) is 6.33. The SMILES string of the molecule is O=S(=O)(Nc1nnc(Cc2cccc(OC(F)F)c2)s1)c1ccc(Cl)c(Cl)c1. The van der Waals surface area contributed by atoms with Crippen LogP contribution in [-0.2, 0) is 16.4 Å². The highest BCUT2D eigenvalue weighted by molar-refractivity contribution is 7.93. The van der Waals surface area contributed by atoms with Crippen LogP contribution in [0, 0.1) is 0 Å². The molecule has 0 bridgehead atoms. The number of nitrogens with one attached hydrogen (secondary N) is 1. The summed E-state index contributed by atoms with van der Waals surface area (Å²) >= 11 is 12.7. The number of hydrogen-bond donors (Lipinski definition) is 1. The molecular weight excluding hydrogens is 455 g/mol. The fourth-order valence-corrected chi connectivity index (χ4v) is 4.58. The minimum Gasteiger partial charge on any atom is -0.435 e. The molecule has 0 fully saturated rings. The molecule has 2 aromatic carbocycles. The van der Waals surface area contributed by atoms with Crippen molar-refractivity contribution in [2.75, 3.05) is 4.72 Å². The zero-order valence-electron chi connectivity index (χ0n) is 13.8. The number of nitrogens with zero attached hydrogens (tertiary/aromatic N) is 2. The summed E-state index contributed by atoms with van der Waals surface area (Å²) in [6.45, 7) is -2.92. The van der Waals surface area contributed by atoms with E-state index in [1.165, 1.54) is 30.3 Å². The van der Waals surface area contributed by atoms with Crippen LogP contribution >= 0.6 is 34.5 Å². The number of rotatable bonds is 7. The van der Waals surface area contributed by atoms with Crippen molar-refractivity contribution in [2.45, 2.75) is 17.9 Å². The van der Waals surface area contributed by atoms with Gasteiger partial charge in [-0.05, 0) is 35.9 Å². The van der Waals surface area contributed by atoms with E-state index in [0.717, 1.165) is 11.3 Å². The molecule has 1 heterocycles. The van der Waals surface area contributed by atoms with Crippen LogP contribution in [0.5, 0.6) is 5.75 Å². The van der Waals surface area contributed by atoms with Crippen molar-refractivity contribution in [3.63, 3.8) is 0 Å². The zero-order chi connectivity index (χ0) is 20.3. The molecule has 12 heteroatoms. The Bertz CT molecular complexity index is 1090. The number of halogens is 4. The number of alkyl halides is 2. The zero-order valence-corrected chi connectivity index (χ0v) is 16.9. The van der Waals surface area contributed by atoms with Crippen LogP contribution in [0.3, 0.4) is 0 Å². The summed E-state index contributed by atoms with van der Waals surface area (Å²) in [5.41, 5.74) is 0.660. The summed E-state index contributed by atoms with van der Waals surface area (Å²) in [5, 5.41) is 8.60. The summed E-state index contributed by atoms with van der Waals surface area (Å²) in [6, 6.07) is 10.1. The first-order valence-corrected chi connectivity index (χ1v) is 10.6. The smallest absolute Gasteiger partial charge is 0.387 e. The molecule has 0 atom stereocenters. The second-order valence-corrected chi connectivity index (χ2v) is 8.94. The molecule has 148 valence electrons. The molecule has 0 radical (unpaired) electrons. The van der Waals surface area contributed by atoms with E-state index in [9.17, 15) is 17.2 Å². The maximum absolute atomic E-state index is 12.4. The van der Waals surface area contributed by atoms with E-state index < -0.39 is 16.6 Å². The highest BCUT2D eigenvalue weighted by Crippen LogP contribution is 2.27. The normalized spacial score (nSPS) is 11.6. The van der Waals surface area contributed by atoms with Crippen LogP contribution in [0.25, 0.3) is 0 Å². The summed E-state index contributed by atoms with van der Waals surface area (Å²) in [7, 11) is -3.92. The molecule has 0 amide bonds. The van der Waals surface area contributed by atoms with E-state index >= 15 is 0 Å². The van der Waals surface area contributed by atoms with E-state index in [1.807, 2.05) is 0 Å². The number of sulfonamides is 1.